The second-order valence-corrected chi connectivity index (χ2v) is 3.79. The van der Waals surface area contributed by atoms with E-state index in [4.69, 9.17) is 29.2 Å². The van der Waals surface area contributed by atoms with Gasteiger partial charge < -0.3 is 24.7 Å². The Bertz CT molecular complexity index is 196. The van der Waals surface area contributed by atoms with Crippen molar-refractivity contribution in [1.82, 2.24) is 0 Å². The first-order valence-electron chi connectivity index (χ1n) is 2.49. The van der Waals surface area contributed by atoms with Crippen molar-refractivity contribution in [2.24, 2.45) is 0 Å². The van der Waals surface area contributed by atoms with Crippen LogP contribution >= 0.6 is 15.9 Å². The van der Waals surface area contributed by atoms with Gasteiger partial charge >= 0.3 is 15.9 Å². The number of hydrogen-bond acceptors (Lipinski definition) is 3. The predicted molar refractivity (Wildman–Crippen MR) is 41.7 cm³/mol. The molecule has 1 unspecified atom stereocenters. The van der Waals surface area contributed by atoms with Crippen LogP contribution in [-0.4, -0.2) is 30.5 Å². The monoisotopic (exact) mass is 276 g/mol. The molecule has 0 bridgehead atoms. The number of aliphatic hydroxyl groups is 1. The fourth-order valence-corrected chi connectivity index (χ4v) is 0.412. The van der Waals surface area contributed by atoms with Crippen LogP contribution in [0.3, 0.4) is 0 Å². The summed E-state index contributed by atoms with van der Waals surface area (Å²) >= 11 is 0. The van der Waals surface area contributed by atoms with E-state index in [0.29, 0.717) is 0 Å². The Hall–Kier alpha value is 0.519. The maximum atomic E-state index is 9.94. The number of hydrogen-bond donors (Lipinski definition) is 5. The molecule has 13 heavy (non-hydrogen) atoms. The predicted octanol–water partition coefficient (Wildman–Crippen LogP) is -0.973. The summed E-state index contributed by atoms with van der Waals surface area (Å²) < 4.78 is 18.7. The molecule has 0 fully saturated rings. The van der Waals surface area contributed by atoms with E-state index in [1.165, 1.54) is 0 Å². The van der Waals surface area contributed by atoms with E-state index in [1.807, 2.05) is 0 Å². The van der Waals surface area contributed by atoms with Crippen LogP contribution in [-0.2, 0) is 26.2 Å². The third-order valence-electron chi connectivity index (χ3n) is 0.555. The van der Waals surface area contributed by atoms with Crippen molar-refractivity contribution in [3.05, 3.63) is 12.7 Å². The normalized spacial score (nSPS) is 12.2. The van der Waals surface area contributed by atoms with Crippen LogP contribution < -0.4 is 0 Å². The molecule has 0 aliphatic heterocycles. The topological polar surface area (TPSA) is 135 Å². The SMILES string of the molecule is C=CC(O)P(=O)(O)O.O=[PH](O)O.[Fe]. The molecule has 82 valence electrons. The first-order chi connectivity index (χ1) is 5.21. The van der Waals surface area contributed by atoms with Gasteiger partial charge in [0.25, 0.3) is 0 Å². The number of rotatable bonds is 2. The second-order valence-electron chi connectivity index (χ2n) is 1.52. The maximum absolute atomic E-state index is 9.94. The summed E-state index contributed by atoms with van der Waals surface area (Å²) in [6, 6.07) is 0. The van der Waals surface area contributed by atoms with Gasteiger partial charge in [0.2, 0.25) is 0 Å². The van der Waals surface area contributed by atoms with Gasteiger partial charge in [0.05, 0.1) is 0 Å². The molecule has 0 rings (SSSR count). The van der Waals surface area contributed by atoms with E-state index in [2.05, 4.69) is 6.58 Å². The van der Waals surface area contributed by atoms with Crippen molar-refractivity contribution in [2.45, 2.75) is 5.85 Å². The zero-order chi connectivity index (χ0) is 10.4. The molecule has 7 nitrogen and oxygen atoms in total. The minimum Gasteiger partial charge on any atom is -0.377 e. The smallest absolute Gasteiger partial charge is 0.357 e. The summed E-state index contributed by atoms with van der Waals surface area (Å²) in [4.78, 5) is 30.5. The van der Waals surface area contributed by atoms with Crippen molar-refractivity contribution >= 4 is 15.9 Å². The molecular weight excluding hydrogens is 266 g/mol. The Morgan fingerprint density at radius 1 is 1.38 bits per heavy atom. The molecule has 0 heterocycles. The van der Waals surface area contributed by atoms with Gasteiger partial charge in [0.1, 0.15) is 0 Å². The number of aliphatic hydroxyl groups excluding tert-OH is 1. The first-order valence-corrected chi connectivity index (χ1v) is 5.48. The second kappa shape index (κ2) is 9.09. The zero-order valence-electron chi connectivity index (χ0n) is 6.22. The average Bonchev–Trinajstić information content (AvgIpc) is 1.82. The van der Waals surface area contributed by atoms with E-state index >= 15 is 0 Å². The molecule has 0 aromatic rings. The fourth-order valence-electron chi connectivity index (χ4n) is 0.137. The van der Waals surface area contributed by atoms with Crippen LogP contribution in [0, 0.1) is 0 Å². The van der Waals surface area contributed by atoms with Crippen molar-refractivity contribution in [3.8, 4) is 0 Å². The van der Waals surface area contributed by atoms with Crippen LogP contribution in [0.25, 0.3) is 0 Å². The van der Waals surface area contributed by atoms with Gasteiger partial charge in [-0.2, -0.15) is 0 Å². The van der Waals surface area contributed by atoms with Gasteiger partial charge in [-0.1, -0.05) is 12.7 Å². The summed E-state index contributed by atoms with van der Waals surface area (Å²) in [7, 11) is -7.45. The molecule has 0 saturated heterocycles. The Kier molecular flexibility index (Phi) is 13.4. The molecule has 10 heteroatoms. The standard InChI is InChI=1S/C3H7O4P.Fe.H3O3P/c1-2-3(4)8(5,6)7;;1-4(2)3/h2-4H,1H2,(H2,5,6,7);;4H,(H2,1,2,3). The van der Waals surface area contributed by atoms with Gasteiger partial charge in [0, 0.05) is 17.1 Å². The summed E-state index contributed by atoms with van der Waals surface area (Å²) in [5, 5.41) is 8.31. The Morgan fingerprint density at radius 2 is 1.62 bits per heavy atom. The van der Waals surface area contributed by atoms with Gasteiger partial charge in [-0.15, -0.1) is 0 Å². The van der Waals surface area contributed by atoms with E-state index in [0.717, 1.165) is 6.08 Å². The van der Waals surface area contributed by atoms with E-state index < -0.39 is 21.7 Å². The average molecular weight is 276 g/mol. The van der Waals surface area contributed by atoms with Crippen molar-refractivity contribution in [3.63, 3.8) is 0 Å². The van der Waals surface area contributed by atoms with E-state index in [9.17, 15) is 4.57 Å². The molecule has 0 saturated carbocycles. The van der Waals surface area contributed by atoms with Crippen LogP contribution in [0.2, 0.25) is 0 Å². The van der Waals surface area contributed by atoms with Crippen LogP contribution in [0.1, 0.15) is 0 Å². The van der Waals surface area contributed by atoms with Crippen LogP contribution in [0.5, 0.6) is 0 Å². The van der Waals surface area contributed by atoms with Gasteiger partial charge in [-0.25, -0.2) is 0 Å². The summed E-state index contributed by atoms with van der Waals surface area (Å²) in [5.41, 5.74) is 0. The van der Waals surface area contributed by atoms with Crippen molar-refractivity contribution in [1.29, 1.82) is 0 Å². The van der Waals surface area contributed by atoms with Gasteiger partial charge in [0.15, 0.2) is 5.85 Å². The Balaban J connectivity index is -0.000000173. The van der Waals surface area contributed by atoms with Crippen LogP contribution in [0.4, 0.5) is 0 Å². The van der Waals surface area contributed by atoms with Gasteiger partial charge in [-0.05, 0) is 0 Å². The molecule has 0 amide bonds. The van der Waals surface area contributed by atoms with E-state index in [1.54, 1.807) is 0 Å². The molecule has 0 aliphatic carbocycles. The van der Waals surface area contributed by atoms with Crippen LogP contribution in [0.15, 0.2) is 12.7 Å². The molecule has 1 atom stereocenters. The first kappa shape index (κ1) is 19.1. The van der Waals surface area contributed by atoms with Crippen molar-refractivity contribution in [2.75, 3.05) is 0 Å². The third kappa shape index (κ3) is 19.1. The molecule has 0 aromatic heterocycles. The largest absolute Gasteiger partial charge is 0.377 e. The maximum Gasteiger partial charge on any atom is 0.357 e. The quantitative estimate of drug-likeness (QED) is 0.248. The molecule has 5 N–H and O–H groups in total. The third-order valence-corrected chi connectivity index (χ3v) is 1.46. The minimum atomic E-state index is -4.32. The fraction of sp³-hybridized carbons (Fsp3) is 0.333. The summed E-state index contributed by atoms with van der Waals surface area (Å²) in [6.45, 7) is 2.98. The van der Waals surface area contributed by atoms with E-state index in [-0.39, 0.29) is 17.1 Å². The molecular formula is C3H10FeO7P2. The minimum absolute atomic E-state index is 0. The Morgan fingerprint density at radius 3 is 1.62 bits per heavy atom. The molecule has 0 aromatic carbocycles. The van der Waals surface area contributed by atoms with Gasteiger partial charge in [-0.3, -0.25) is 9.13 Å². The zero-order valence-corrected chi connectivity index (χ0v) is 9.21. The Labute approximate surface area is 85.7 Å². The molecule has 0 radical (unpaired) electrons. The summed E-state index contributed by atoms with van der Waals surface area (Å²) in [5.74, 6) is -1.72. The van der Waals surface area contributed by atoms with Crippen molar-refractivity contribution < 1.29 is 50.9 Å². The molecule has 0 aliphatic rings. The summed E-state index contributed by atoms with van der Waals surface area (Å²) in [6.07, 6.45) is 0.792. The molecule has 0 spiro atoms.